The molecule has 276 valence electrons. The molecule has 2 saturated heterocycles. The molecule has 0 atom stereocenters. The van der Waals surface area contributed by atoms with Gasteiger partial charge >= 0.3 is 0 Å². The van der Waals surface area contributed by atoms with Crippen molar-refractivity contribution in [3.8, 4) is 16.9 Å². The largest absolute Gasteiger partial charge is 0.494 e. The number of piperidine rings is 2. The van der Waals surface area contributed by atoms with Gasteiger partial charge in [0.25, 0.3) is 0 Å². The second kappa shape index (κ2) is 15.9. The number of aryl methyl sites for hydroxylation is 1. The van der Waals surface area contributed by atoms with Gasteiger partial charge in [-0.05, 0) is 89.4 Å². The second-order valence-corrected chi connectivity index (χ2v) is 18.3. The van der Waals surface area contributed by atoms with E-state index in [-0.39, 0.29) is 12.6 Å². The fourth-order valence-corrected chi connectivity index (χ4v) is 8.88. The minimum absolute atomic E-state index is 0.224. The average Bonchev–Trinajstić information content (AvgIpc) is 3.57. The highest BCUT2D eigenvalue weighted by Crippen LogP contribution is 2.46. The molecule has 52 heavy (non-hydrogen) atoms. The lowest BCUT2D eigenvalue weighted by Crippen LogP contribution is -2.47. The number of likely N-dealkylation sites (tertiary alicyclic amines) is 1. The van der Waals surface area contributed by atoms with Crippen LogP contribution in [-0.4, -0.2) is 97.2 Å². The lowest BCUT2D eigenvalue weighted by molar-refractivity contribution is 0.0764. The molecule has 0 unspecified atom stereocenters. The van der Waals surface area contributed by atoms with Crippen molar-refractivity contribution in [2.24, 2.45) is 22.4 Å². The van der Waals surface area contributed by atoms with Gasteiger partial charge in [0.2, 0.25) is 5.96 Å². The van der Waals surface area contributed by atoms with Crippen LogP contribution >= 0.6 is 23.1 Å². The summed E-state index contributed by atoms with van der Waals surface area (Å²) in [4.78, 5) is 22.7. The third-order valence-corrected chi connectivity index (χ3v) is 12.1. The molecule has 0 saturated carbocycles. The molecular weight excluding hydrogens is 746 g/mol. The van der Waals surface area contributed by atoms with Gasteiger partial charge in [-0.1, -0.05) is 15.9 Å². The third kappa shape index (κ3) is 8.24. The van der Waals surface area contributed by atoms with Crippen molar-refractivity contribution >= 4 is 69.1 Å². The van der Waals surface area contributed by atoms with E-state index in [2.05, 4.69) is 69.2 Å². The topological polar surface area (TPSA) is 125 Å². The Kier molecular flexibility index (Phi) is 11.5. The van der Waals surface area contributed by atoms with E-state index in [1.54, 1.807) is 37.5 Å². The molecule has 12 nitrogen and oxygen atoms in total. The van der Waals surface area contributed by atoms with Crippen molar-refractivity contribution in [3.05, 3.63) is 59.4 Å². The number of allylic oxidation sites excluding steroid dienone is 1. The zero-order chi connectivity index (χ0) is 37.0. The summed E-state index contributed by atoms with van der Waals surface area (Å²) in [5.74, 6) is 1.29. The molecule has 2 N–H and O–H groups in total. The number of ether oxygens (including phenoxy) is 1. The molecule has 0 aliphatic carbocycles. The number of aromatic nitrogens is 4. The normalized spacial score (nSPS) is 17.3. The van der Waals surface area contributed by atoms with E-state index in [0.29, 0.717) is 55.7 Å². The summed E-state index contributed by atoms with van der Waals surface area (Å²) in [6.07, 6.45) is 11.5. The molecule has 2 aromatic heterocycles. The van der Waals surface area contributed by atoms with Gasteiger partial charge in [0.05, 0.1) is 35.5 Å². The Bertz CT molecular complexity index is 2040. The van der Waals surface area contributed by atoms with E-state index in [1.165, 1.54) is 0 Å². The van der Waals surface area contributed by atoms with Gasteiger partial charge in [-0.2, -0.15) is 10.1 Å². The number of guanidine groups is 1. The molecule has 2 fully saturated rings. The molecule has 15 heteroatoms. The number of nitrogens with one attached hydrogen (secondary N) is 2. The first-order valence-corrected chi connectivity index (χ1v) is 20.8. The van der Waals surface area contributed by atoms with Gasteiger partial charge in [0.1, 0.15) is 30.9 Å². The van der Waals surface area contributed by atoms with E-state index >= 15 is 0 Å². The third-order valence-electron chi connectivity index (χ3n) is 10.2. The summed E-state index contributed by atoms with van der Waals surface area (Å²) in [6.45, 7) is 13.1. The monoisotopic (exact) mass is 792 g/mol. The molecular formula is C37H47BrFN10O2P. The van der Waals surface area contributed by atoms with Crippen molar-refractivity contribution in [1.82, 2.24) is 24.6 Å². The van der Waals surface area contributed by atoms with Crippen LogP contribution in [0.1, 0.15) is 32.6 Å². The lowest BCUT2D eigenvalue weighted by Gasteiger charge is -2.47. The Morgan fingerprint density at radius 1 is 1.08 bits per heavy atom. The van der Waals surface area contributed by atoms with Gasteiger partial charge in [-0.3, -0.25) is 14.6 Å². The predicted molar refractivity (Wildman–Crippen MR) is 215 cm³/mol. The fourth-order valence-electron chi connectivity index (χ4n) is 7.30. The minimum Gasteiger partial charge on any atom is -0.494 e. The van der Waals surface area contributed by atoms with Gasteiger partial charge in [0.15, 0.2) is 0 Å². The van der Waals surface area contributed by atoms with E-state index in [1.807, 2.05) is 44.6 Å². The zero-order valence-electron chi connectivity index (χ0n) is 30.5. The number of methoxy groups -OCH3 is 1. The van der Waals surface area contributed by atoms with Crippen LogP contribution in [0.5, 0.6) is 5.75 Å². The highest BCUT2D eigenvalue weighted by Gasteiger charge is 2.38. The molecule has 0 bridgehead atoms. The number of rotatable bonds is 10. The Morgan fingerprint density at radius 2 is 1.79 bits per heavy atom. The molecule has 4 heterocycles. The van der Waals surface area contributed by atoms with E-state index in [4.69, 9.17) is 9.73 Å². The number of hydrogen-bond acceptors (Lipinski definition) is 9. The number of benzene rings is 2. The van der Waals surface area contributed by atoms with Gasteiger partial charge in [-0.15, -0.1) is 0 Å². The van der Waals surface area contributed by atoms with Crippen LogP contribution in [0.15, 0.2) is 69.3 Å². The van der Waals surface area contributed by atoms with Crippen LogP contribution in [0.4, 0.5) is 21.5 Å². The summed E-state index contributed by atoms with van der Waals surface area (Å²) in [7, 11) is 0.753. The van der Waals surface area contributed by atoms with Crippen LogP contribution in [0, 0.1) is 5.41 Å². The summed E-state index contributed by atoms with van der Waals surface area (Å²) in [5, 5.41) is 11.8. The summed E-state index contributed by atoms with van der Waals surface area (Å²) in [6, 6.07) is 7.80. The average molecular weight is 794 g/mol. The number of fused-ring (bicyclic) bond motifs is 1. The zero-order valence-corrected chi connectivity index (χ0v) is 33.0. The standard InChI is InChI=1S/C37H47BrFN10O2P/c1-25(38)35(44-29-8-7-28-33(42-15-14-41-28)34(29)52(5,6)50)46-36(40-2)45-30-21-27(26-23-43-47(3)24-26)31(22-32(30)51-4)49-18-11-37(12-19-49)9-16-48(17-10-37)20-13-39/h7-8,14-15,21-24,44H,2,9-13,16-20H2,1,3-6H3,(H,45,46)/b35-25+. The predicted octanol–water partition coefficient (Wildman–Crippen LogP) is 7.10. The fraction of sp³-hybridized carbons (Fsp3) is 0.432. The Hall–Kier alpha value is -4.13. The minimum atomic E-state index is -2.80. The van der Waals surface area contributed by atoms with E-state index in [9.17, 15) is 8.96 Å². The second-order valence-electron chi connectivity index (χ2n) is 14.0. The quantitative estimate of drug-likeness (QED) is 0.0983. The highest BCUT2D eigenvalue weighted by atomic mass is 79.9. The van der Waals surface area contributed by atoms with E-state index < -0.39 is 7.14 Å². The summed E-state index contributed by atoms with van der Waals surface area (Å²) in [5.41, 5.74) is 5.85. The first kappa shape index (κ1) is 37.6. The molecule has 1 spiro atoms. The molecule has 0 radical (unpaired) electrons. The summed E-state index contributed by atoms with van der Waals surface area (Å²) < 4.78 is 35.0. The maximum Gasteiger partial charge on any atom is 0.228 e. The van der Waals surface area contributed by atoms with Crippen molar-refractivity contribution in [1.29, 1.82) is 0 Å². The van der Waals surface area contributed by atoms with Gasteiger partial charge < -0.3 is 29.7 Å². The maximum atomic E-state index is 13.5. The number of hydrogen-bond donors (Lipinski definition) is 2. The SMILES string of the molecule is C=N/C(=N\C(Nc1ccc2nccnc2c1P(C)(C)=O)=C(/C)Br)Nc1cc(-c2cnn(C)c2)c(N2CCC3(CCN(CCF)CC3)CC2)cc1OC. The molecule has 2 aliphatic rings. The lowest BCUT2D eigenvalue weighted by atomic mass is 9.71. The van der Waals surface area contributed by atoms with Gasteiger partial charge in [0, 0.05) is 72.6 Å². The molecule has 0 amide bonds. The Morgan fingerprint density at radius 3 is 2.40 bits per heavy atom. The van der Waals surface area contributed by atoms with Crippen molar-refractivity contribution < 1.29 is 13.7 Å². The molecule has 4 aromatic rings. The highest BCUT2D eigenvalue weighted by molar-refractivity contribution is 9.11. The number of alkyl halides is 1. The molecule has 2 aliphatic heterocycles. The first-order valence-electron chi connectivity index (χ1n) is 17.4. The molecule has 2 aromatic carbocycles. The smallest absolute Gasteiger partial charge is 0.228 e. The number of aliphatic imine (C=N–C) groups is 2. The van der Waals surface area contributed by atoms with Crippen LogP contribution in [0.2, 0.25) is 0 Å². The van der Waals surface area contributed by atoms with Crippen molar-refractivity contribution in [2.75, 3.05) is 75.4 Å². The number of anilines is 3. The number of nitrogens with zero attached hydrogens (tertiary/aromatic N) is 8. The molecule has 6 rings (SSSR count). The Balaban J connectivity index is 1.30. The summed E-state index contributed by atoms with van der Waals surface area (Å²) >= 11 is 3.60. The first-order chi connectivity index (χ1) is 24.9. The van der Waals surface area contributed by atoms with Gasteiger partial charge in [-0.25, -0.2) is 9.38 Å². The van der Waals surface area contributed by atoms with Crippen LogP contribution in [-0.2, 0) is 11.6 Å². The number of halogens is 2. The Labute approximate surface area is 313 Å². The maximum absolute atomic E-state index is 13.5. The van der Waals surface area contributed by atoms with Crippen molar-refractivity contribution in [3.63, 3.8) is 0 Å². The van der Waals surface area contributed by atoms with Crippen LogP contribution < -0.4 is 25.6 Å². The van der Waals surface area contributed by atoms with Crippen LogP contribution in [0.25, 0.3) is 22.2 Å². The van der Waals surface area contributed by atoms with Crippen molar-refractivity contribution in [2.45, 2.75) is 32.6 Å². The van der Waals surface area contributed by atoms with Crippen LogP contribution in [0.3, 0.4) is 0 Å². The van der Waals surface area contributed by atoms with E-state index in [0.717, 1.165) is 68.7 Å².